The van der Waals surface area contributed by atoms with Gasteiger partial charge in [-0.05, 0) is 35.4 Å². The van der Waals surface area contributed by atoms with E-state index >= 15 is 0 Å². The van der Waals surface area contributed by atoms with Crippen LogP contribution >= 0.6 is 22.6 Å². The topological polar surface area (TPSA) is 37.8 Å². The second-order valence-electron chi connectivity index (χ2n) is 4.41. The maximum Gasteiger partial charge on any atom is 0.143 e. The fourth-order valence-corrected chi connectivity index (χ4v) is 2.67. The molecule has 2 rings (SSSR count). The zero-order chi connectivity index (χ0) is 11.2. The van der Waals surface area contributed by atoms with E-state index in [1.165, 1.54) is 44.9 Å². The van der Waals surface area contributed by atoms with Crippen molar-refractivity contribution >= 4 is 28.4 Å². The molecule has 0 aliphatic heterocycles. The number of aromatic nitrogens is 2. The Balaban J connectivity index is 1.94. The van der Waals surface area contributed by atoms with Crippen LogP contribution in [0, 0.1) is 3.57 Å². The first-order chi connectivity index (χ1) is 7.86. The van der Waals surface area contributed by atoms with Gasteiger partial charge in [0.15, 0.2) is 0 Å². The standard InChI is InChI=1S/C12H18IN3/c13-11-8-14-9-15-12(11)16-10-6-4-2-1-3-5-7-10/h8-10H,1-7H2,(H,14,15,16). The molecule has 1 aliphatic rings. The van der Waals surface area contributed by atoms with Crippen LogP contribution in [-0.4, -0.2) is 16.0 Å². The summed E-state index contributed by atoms with van der Waals surface area (Å²) in [6.07, 6.45) is 12.9. The van der Waals surface area contributed by atoms with E-state index in [4.69, 9.17) is 0 Å². The molecule has 3 nitrogen and oxygen atoms in total. The van der Waals surface area contributed by atoms with E-state index in [0.29, 0.717) is 6.04 Å². The van der Waals surface area contributed by atoms with Crippen LogP contribution in [0.2, 0.25) is 0 Å². The normalized spacial score (nSPS) is 18.8. The molecule has 0 unspecified atom stereocenters. The van der Waals surface area contributed by atoms with Gasteiger partial charge in [-0.3, -0.25) is 0 Å². The summed E-state index contributed by atoms with van der Waals surface area (Å²) in [5.74, 6) is 1.00. The molecule has 88 valence electrons. The molecule has 4 heteroatoms. The van der Waals surface area contributed by atoms with Gasteiger partial charge in [0.1, 0.15) is 12.1 Å². The van der Waals surface area contributed by atoms with E-state index in [1.54, 1.807) is 6.33 Å². The number of halogens is 1. The predicted octanol–water partition coefficient (Wildman–Crippen LogP) is 3.61. The Morgan fingerprint density at radius 3 is 2.50 bits per heavy atom. The zero-order valence-electron chi connectivity index (χ0n) is 9.45. The molecule has 1 aromatic rings. The van der Waals surface area contributed by atoms with E-state index in [0.717, 1.165) is 9.39 Å². The van der Waals surface area contributed by atoms with Crippen LogP contribution in [0.1, 0.15) is 44.9 Å². The van der Waals surface area contributed by atoms with Crippen LogP contribution in [0.15, 0.2) is 12.5 Å². The van der Waals surface area contributed by atoms with Crippen LogP contribution in [0.4, 0.5) is 5.82 Å². The summed E-state index contributed by atoms with van der Waals surface area (Å²) in [5.41, 5.74) is 0. The van der Waals surface area contributed by atoms with Gasteiger partial charge in [-0.1, -0.05) is 32.1 Å². The number of hydrogen-bond donors (Lipinski definition) is 1. The van der Waals surface area contributed by atoms with Gasteiger partial charge in [-0.2, -0.15) is 0 Å². The van der Waals surface area contributed by atoms with Gasteiger partial charge in [0, 0.05) is 12.2 Å². The average molecular weight is 331 g/mol. The van der Waals surface area contributed by atoms with Gasteiger partial charge in [-0.25, -0.2) is 9.97 Å². The Hall–Kier alpha value is -0.390. The van der Waals surface area contributed by atoms with Crippen molar-refractivity contribution in [2.45, 2.75) is 51.0 Å². The third-order valence-electron chi connectivity index (χ3n) is 3.11. The summed E-state index contributed by atoms with van der Waals surface area (Å²) >= 11 is 2.29. The molecule has 0 atom stereocenters. The predicted molar refractivity (Wildman–Crippen MR) is 74.5 cm³/mol. The maximum absolute atomic E-state index is 4.30. The Labute approximate surface area is 111 Å². The highest BCUT2D eigenvalue weighted by Gasteiger charge is 2.12. The van der Waals surface area contributed by atoms with E-state index in [9.17, 15) is 0 Å². The first-order valence-corrected chi connectivity index (χ1v) is 7.16. The average Bonchev–Trinajstić information content (AvgIpc) is 2.24. The highest BCUT2D eigenvalue weighted by molar-refractivity contribution is 14.1. The molecule has 1 aliphatic carbocycles. The van der Waals surface area contributed by atoms with Crippen molar-refractivity contribution < 1.29 is 0 Å². The Bertz CT molecular complexity index is 322. The summed E-state index contributed by atoms with van der Waals surface area (Å²) in [5, 5.41) is 3.56. The molecule has 1 fully saturated rings. The van der Waals surface area contributed by atoms with Gasteiger partial charge >= 0.3 is 0 Å². The minimum atomic E-state index is 0.601. The fourth-order valence-electron chi connectivity index (χ4n) is 2.21. The van der Waals surface area contributed by atoms with Gasteiger partial charge < -0.3 is 5.32 Å². The van der Waals surface area contributed by atoms with Crippen LogP contribution in [0.25, 0.3) is 0 Å². The number of anilines is 1. The van der Waals surface area contributed by atoms with Crippen molar-refractivity contribution in [1.82, 2.24) is 9.97 Å². The highest BCUT2D eigenvalue weighted by atomic mass is 127. The van der Waals surface area contributed by atoms with E-state index < -0.39 is 0 Å². The third-order valence-corrected chi connectivity index (χ3v) is 3.90. The summed E-state index contributed by atoms with van der Waals surface area (Å²) in [7, 11) is 0. The number of rotatable bonds is 2. The lowest BCUT2D eigenvalue weighted by Crippen LogP contribution is -2.21. The number of nitrogens with zero attached hydrogens (tertiary/aromatic N) is 2. The van der Waals surface area contributed by atoms with Crippen molar-refractivity contribution in [2.24, 2.45) is 0 Å². The lowest BCUT2D eigenvalue weighted by Gasteiger charge is -2.21. The first-order valence-electron chi connectivity index (χ1n) is 6.08. The van der Waals surface area contributed by atoms with Gasteiger partial charge in [0.25, 0.3) is 0 Å². The van der Waals surface area contributed by atoms with E-state index in [-0.39, 0.29) is 0 Å². The molecule has 1 saturated carbocycles. The third kappa shape index (κ3) is 3.57. The molecule has 0 radical (unpaired) electrons. The van der Waals surface area contributed by atoms with Crippen LogP contribution < -0.4 is 5.32 Å². The molecular formula is C12H18IN3. The monoisotopic (exact) mass is 331 g/mol. The molecule has 1 heterocycles. The smallest absolute Gasteiger partial charge is 0.143 e. The Morgan fingerprint density at radius 2 is 1.81 bits per heavy atom. The minimum Gasteiger partial charge on any atom is -0.366 e. The van der Waals surface area contributed by atoms with Crippen molar-refractivity contribution in [2.75, 3.05) is 5.32 Å². The van der Waals surface area contributed by atoms with Crippen molar-refractivity contribution in [3.05, 3.63) is 16.1 Å². The summed E-state index contributed by atoms with van der Waals surface area (Å²) in [4.78, 5) is 8.31. The van der Waals surface area contributed by atoms with Gasteiger partial charge in [0.2, 0.25) is 0 Å². The molecule has 16 heavy (non-hydrogen) atoms. The summed E-state index contributed by atoms with van der Waals surface area (Å²) in [6, 6.07) is 0.601. The number of nitrogens with one attached hydrogen (secondary N) is 1. The second-order valence-corrected chi connectivity index (χ2v) is 5.57. The molecule has 0 aromatic carbocycles. The zero-order valence-corrected chi connectivity index (χ0v) is 11.6. The lowest BCUT2D eigenvalue weighted by atomic mass is 9.97. The molecular weight excluding hydrogens is 313 g/mol. The van der Waals surface area contributed by atoms with Crippen molar-refractivity contribution in [1.29, 1.82) is 0 Å². The van der Waals surface area contributed by atoms with E-state index in [2.05, 4.69) is 37.9 Å². The second kappa shape index (κ2) is 6.37. The molecule has 0 spiro atoms. The van der Waals surface area contributed by atoms with Crippen molar-refractivity contribution in [3.8, 4) is 0 Å². The maximum atomic E-state index is 4.30. The molecule has 0 amide bonds. The van der Waals surface area contributed by atoms with Crippen LogP contribution in [0.3, 0.4) is 0 Å². The summed E-state index contributed by atoms with van der Waals surface area (Å²) in [6.45, 7) is 0. The minimum absolute atomic E-state index is 0.601. The first kappa shape index (κ1) is 12.1. The molecule has 0 saturated heterocycles. The molecule has 0 bridgehead atoms. The molecule has 1 N–H and O–H groups in total. The lowest BCUT2D eigenvalue weighted by molar-refractivity contribution is 0.470. The Morgan fingerprint density at radius 1 is 1.12 bits per heavy atom. The van der Waals surface area contributed by atoms with Crippen LogP contribution in [-0.2, 0) is 0 Å². The van der Waals surface area contributed by atoms with Crippen LogP contribution in [0.5, 0.6) is 0 Å². The highest BCUT2D eigenvalue weighted by Crippen LogP contribution is 2.21. The fraction of sp³-hybridized carbons (Fsp3) is 0.667. The Kier molecular flexibility index (Phi) is 4.81. The summed E-state index contributed by atoms with van der Waals surface area (Å²) < 4.78 is 1.11. The quantitative estimate of drug-likeness (QED) is 0.842. The van der Waals surface area contributed by atoms with Gasteiger partial charge in [0.05, 0.1) is 3.57 Å². The largest absolute Gasteiger partial charge is 0.366 e. The molecule has 1 aromatic heterocycles. The van der Waals surface area contributed by atoms with Crippen molar-refractivity contribution in [3.63, 3.8) is 0 Å². The SMILES string of the molecule is Ic1cncnc1NC1CCCCCCC1. The number of hydrogen-bond acceptors (Lipinski definition) is 3. The van der Waals surface area contributed by atoms with Gasteiger partial charge in [-0.15, -0.1) is 0 Å². The van der Waals surface area contributed by atoms with E-state index in [1.807, 2.05) is 6.20 Å².